The average molecular weight is 250 g/mol. The molecule has 0 saturated heterocycles. The Hall–Kier alpha value is -1.12. The predicted octanol–water partition coefficient (Wildman–Crippen LogP) is 4.03. The third kappa shape index (κ3) is 3.01. The molecule has 3 nitrogen and oxygen atoms in total. The van der Waals surface area contributed by atoms with E-state index in [4.69, 9.17) is 4.74 Å². The Morgan fingerprint density at radius 3 is 1.50 bits per heavy atom. The van der Waals surface area contributed by atoms with Crippen molar-refractivity contribution < 1.29 is 4.74 Å². The Morgan fingerprint density at radius 1 is 0.889 bits per heavy atom. The maximum absolute atomic E-state index is 5.24. The number of aromatic nitrogens is 2. The van der Waals surface area contributed by atoms with E-state index in [0.717, 1.165) is 11.4 Å². The zero-order valence-corrected chi connectivity index (χ0v) is 13.0. The van der Waals surface area contributed by atoms with Gasteiger partial charge in [-0.3, -0.25) is 0 Å². The highest BCUT2D eigenvalue weighted by Crippen LogP contribution is 2.35. The standard InChI is InChI=1S/C15H26N2O/c1-9(2)12-11(15(5,6)7)13(10(3)4)17-14(16-12)18-8/h9-10H,1-8H3. The van der Waals surface area contributed by atoms with Gasteiger partial charge in [-0.05, 0) is 17.3 Å². The van der Waals surface area contributed by atoms with Gasteiger partial charge < -0.3 is 4.74 Å². The summed E-state index contributed by atoms with van der Waals surface area (Å²) in [7, 11) is 1.63. The highest BCUT2D eigenvalue weighted by Gasteiger charge is 2.27. The first-order chi connectivity index (χ1) is 8.18. The van der Waals surface area contributed by atoms with Crippen LogP contribution >= 0.6 is 0 Å². The van der Waals surface area contributed by atoms with Crippen molar-refractivity contribution >= 4 is 0 Å². The molecule has 1 rings (SSSR count). The lowest BCUT2D eigenvalue weighted by Crippen LogP contribution is -2.21. The fraction of sp³-hybridized carbons (Fsp3) is 0.733. The van der Waals surface area contributed by atoms with Crippen LogP contribution in [0.5, 0.6) is 6.01 Å². The SMILES string of the molecule is COc1nc(C(C)C)c(C(C)(C)C)c(C(C)C)n1. The molecule has 0 bridgehead atoms. The smallest absolute Gasteiger partial charge is 0.316 e. The molecule has 0 N–H and O–H groups in total. The molecule has 0 unspecified atom stereocenters. The van der Waals surface area contributed by atoms with Crippen LogP contribution in [0.25, 0.3) is 0 Å². The van der Waals surface area contributed by atoms with Crippen LogP contribution in [0.1, 0.15) is 77.3 Å². The topological polar surface area (TPSA) is 35.0 Å². The highest BCUT2D eigenvalue weighted by atomic mass is 16.5. The summed E-state index contributed by atoms with van der Waals surface area (Å²) in [5.74, 6) is 0.738. The summed E-state index contributed by atoms with van der Waals surface area (Å²) in [6.07, 6.45) is 0. The molecule has 0 aliphatic rings. The van der Waals surface area contributed by atoms with Crippen LogP contribution < -0.4 is 4.74 Å². The number of nitrogens with zero attached hydrogens (tertiary/aromatic N) is 2. The largest absolute Gasteiger partial charge is 0.467 e. The van der Waals surface area contributed by atoms with E-state index in [1.165, 1.54) is 5.56 Å². The van der Waals surface area contributed by atoms with Gasteiger partial charge in [0.15, 0.2) is 0 Å². The molecule has 0 aliphatic heterocycles. The first-order valence-corrected chi connectivity index (χ1v) is 6.64. The van der Waals surface area contributed by atoms with Gasteiger partial charge >= 0.3 is 6.01 Å². The highest BCUT2D eigenvalue weighted by molar-refractivity contribution is 5.37. The van der Waals surface area contributed by atoms with E-state index in [1.54, 1.807) is 7.11 Å². The van der Waals surface area contributed by atoms with Crippen LogP contribution in [0.15, 0.2) is 0 Å². The Balaban J connectivity index is 3.61. The van der Waals surface area contributed by atoms with E-state index in [9.17, 15) is 0 Å². The Labute approximate surface area is 111 Å². The molecule has 0 aromatic carbocycles. The van der Waals surface area contributed by atoms with Crippen LogP contribution in [0.3, 0.4) is 0 Å². The third-order valence-corrected chi connectivity index (χ3v) is 2.97. The van der Waals surface area contributed by atoms with Gasteiger partial charge in [-0.2, -0.15) is 9.97 Å². The van der Waals surface area contributed by atoms with Crippen molar-refractivity contribution in [1.29, 1.82) is 0 Å². The number of hydrogen-bond donors (Lipinski definition) is 0. The lowest BCUT2D eigenvalue weighted by atomic mass is 9.80. The first kappa shape index (κ1) is 14.9. The third-order valence-electron chi connectivity index (χ3n) is 2.97. The van der Waals surface area contributed by atoms with Gasteiger partial charge in [0.05, 0.1) is 18.5 Å². The van der Waals surface area contributed by atoms with Crippen molar-refractivity contribution in [3.05, 3.63) is 17.0 Å². The van der Waals surface area contributed by atoms with Crippen LogP contribution in [0.4, 0.5) is 0 Å². The van der Waals surface area contributed by atoms with Gasteiger partial charge in [-0.25, -0.2) is 0 Å². The van der Waals surface area contributed by atoms with Crippen LogP contribution in [-0.4, -0.2) is 17.1 Å². The van der Waals surface area contributed by atoms with Gasteiger partial charge in [-0.15, -0.1) is 0 Å². The second kappa shape index (κ2) is 5.25. The maximum atomic E-state index is 5.24. The zero-order chi connectivity index (χ0) is 14.1. The quantitative estimate of drug-likeness (QED) is 0.812. The summed E-state index contributed by atoms with van der Waals surface area (Å²) in [5, 5.41) is 0. The van der Waals surface area contributed by atoms with Gasteiger partial charge in [0.25, 0.3) is 0 Å². The Morgan fingerprint density at radius 2 is 1.28 bits per heavy atom. The van der Waals surface area contributed by atoms with Crippen molar-refractivity contribution in [2.45, 2.75) is 65.7 Å². The second-order valence-electron chi connectivity index (χ2n) is 6.42. The lowest BCUT2D eigenvalue weighted by molar-refractivity contribution is 0.371. The van der Waals surface area contributed by atoms with Gasteiger partial charge in [0.1, 0.15) is 0 Å². The van der Waals surface area contributed by atoms with E-state index in [1.807, 2.05) is 0 Å². The molecule has 0 aliphatic carbocycles. The van der Waals surface area contributed by atoms with Crippen LogP contribution in [-0.2, 0) is 5.41 Å². The molecule has 0 radical (unpaired) electrons. The second-order valence-corrected chi connectivity index (χ2v) is 6.42. The molecule has 0 amide bonds. The monoisotopic (exact) mass is 250 g/mol. The van der Waals surface area contributed by atoms with Crippen LogP contribution in [0.2, 0.25) is 0 Å². The van der Waals surface area contributed by atoms with Crippen molar-refractivity contribution in [2.75, 3.05) is 7.11 Å². The molecule has 18 heavy (non-hydrogen) atoms. The molecule has 102 valence electrons. The van der Waals surface area contributed by atoms with Crippen molar-refractivity contribution in [3.8, 4) is 6.01 Å². The Kier molecular flexibility index (Phi) is 4.36. The normalized spacial score (nSPS) is 12.3. The molecular formula is C15H26N2O. The molecule has 1 heterocycles. The van der Waals surface area contributed by atoms with Crippen molar-refractivity contribution in [3.63, 3.8) is 0 Å². The molecule has 0 saturated carbocycles. The number of rotatable bonds is 3. The minimum atomic E-state index is 0.0471. The predicted molar refractivity (Wildman–Crippen MR) is 75.5 cm³/mol. The summed E-state index contributed by atoms with van der Waals surface area (Å²) in [5.41, 5.74) is 3.54. The summed E-state index contributed by atoms with van der Waals surface area (Å²) < 4.78 is 5.24. The van der Waals surface area contributed by atoms with Crippen LogP contribution in [0, 0.1) is 0 Å². The lowest BCUT2D eigenvalue weighted by Gasteiger charge is -2.28. The Bertz CT molecular complexity index is 388. The van der Waals surface area contributed by atoms with Crippen molar-refractivity contribution in [1.82, 2.24) is 9.97 Å². The number of hydrogen-bond acceptors (Lipinski definition) is 3. The summed E-state index contributed by atoms with van der Waals surface area (Å²) in [6, 6.07) is 0.482. The van der Waals surface area contributed by atoms with Gasteiger partial charge in [0.2, 0.25) is 0 Å². The van der Waals surface area contributed by atoms with E-state index < -0.39 is 0 Å². The van der Waals surface area contributed by atoms with E-state index in [2.05, 4.69) is 58.4 Å². The molecule has 1 aromatic heterocycles. The molecular weight excluding hydrogens is 224 g/mol. The zero-order valence-electron chi connectivity index (χ0n) is 13.0. The molecule has 0 atom stereocenters. The summed E-state index contributed by atoms with van der Waals surface area (Å²) >= 11 is 0. The fourth-order valence-electron chi connectivity index (χ4n) is 2.17. The average Bonchev–Trinajstić information content (AvgIpc) is 2.25. The molecule has 1 aromatic rings. The maximum Gasteiger partial charge on any atom is 0.316 e. The minimum Gasteiger partial charge on any atom is -0.467 e. The molecule has 3 heteroatoms. The summed E-state index contributed by atoms with van der Waals surface area (Å²) in [4.78, 5) is 9.13. The molecule has 0 fully saturated rings. The summed E-state index contributed by atoms with van der Waals surface area (Å²) in [6.45, 7) is 15.3. The minimum absolute atomic E-state index is 0.0471. The number of ether oxygens (including phenoxy) is 1. The fourth-order valence-corrected chi connectivity index (χ4v) is 2.17. The van der Waals surface area contributed by atoms with E-state index in [-0.39, 0.29) is 5.41 Å². The van der Waals surface area contributed by atoms with Gasteiger partial charge in [0, 0.05) is 5.56 Å². The van der Waals surface area contributed by atoms with Crippen molar-refractivity contribution in [2.24, 2.45) is 0 Å². The van der Waals surface area contributed by atoms with Gasteiger partial charge in [-0.1, -0.05) is 48.5 Å². The molecule has 0 spiro atoms. The van der Waals surface area contributed by atoms with E-state index >= 15 is 0 Å². The van der Waals surface area contributed by atoms with E-state index in [0.29, 0.717) is 17.8 Å². The first-order valence-electron chi connectivity index (χ1n) is 6.64. The number of methoxy groups -OCH3 is 1.